The molecule has 0 fully saturated rings. The lowest BCUT2D eigenvalue weighted by molar-refractivity contribution is 0.0698. The predicted octanol–water partition coefficient (Wildman–Crippen LogP) is 2.48. The molecular weight excluding hydrogens is 367 g/mol. The highest BCUT2D eigenvalue weighted by Crippen LogP contribution is 2.22. The molecule has 0 amide bonds. The number of nitrogens with zero attached hydrogens (tertiary/aromatic N) is 1. The minimum Gasteiger partial charge on any atom is -0.478 e. The van der Waals surface area contributed by atoms with Crippen LogP contribution in [0, 0.1) is 5.82 Å². The third-order valence-corrected chi connectivity index (χ3v) is 4.50. The Balaban J connectivity index is 2.42. The molecule has 0 aliphatic heterocycles. The van der Waals surface area contributed by atoms with Crippen LogP contribution in [-0.4, -0.2) is 24.5 Å². The number of sulfonamides is 1. The quantitative estimate of drug-likeness (QED) is 0.856. The molecule has 2 aromatic rings. The summed E-state index contributed by atoms with van der Waals surface area (Å²) in [4.78, 5) is 14.3. The van der Waals surface area contributed by atoms with Crippen molar-refractivity contribution in [2.24, 2.45) is 0 Å². The molecule has 0 bridgehead atoms. The van der Waals surface area contributed by atoms with Gasteiger partial charge in [-0.05, 0) is 40.2 Å². The van der Waals surface area contributed by atoms with Crippen LogP contribution in [0.2, 0.25) is 0 Å². The van der Waals surface area contributed by atoms with E-state index in [0.717, 1.165) is 18.3 Å². The van der Waals surface area contributed by atoms with Crippen LogP contribution in [-0.2, 0) is 10.0 Å². The predicted molar refractivity (Wildman–Crippen MR) is 76.1 cm³/mol. The number of nitrogens with one attached hydrogen (secondary N) is 1. The van der Waals surface area contributed by atoms with Crippen LogP contribution in [0.4, 0.5) is 10.1 Å². The molecule has 9 heteroatoms. The molecule has 110 valence electrons. The number of carbonyl (C=O) groups is 1. The molecule has 6 nitrogen and oxygen atoms in total. The number of aromatic carboxylic acids is 1. The highest BCUT2D eigenvalue weighted by molar-refractivity contribution is 9.10. The number of carboxylic acids is 1. The van der Waals surface area contributed by atoms with E-state index in [1.54, 1.807) is 0 Å². The highest BCUT2D eigenvalue weighted by atomic mass is 79.9. The zero-order valence-corrected chi connectivity index (χ0v) is 12.6. The molecule has 0 atom stereocenters. The van der Waals surface area contributed by atoms with Gasteiger partial charge in [0.15, 0.2) is 0 Å². The van der Waals surface area contributed by atoms with E-state index < -0.39 is 21.8 Å². The Labute approximate surface area is 127 Å². The van der Waals surface area contributed by atoms with E-state index in [4.69, 9.17) is 5.11 Å². The smallest absolute Gasteiger partial charge is 0.337 e. The monoisotopic (exact) mass is 374 g/mol. The summed E-state index contributed by atoms with van der Waals surface area (Å²) in [6.07, 6.45) is 2.29. The highest BCUT2D eigenvalue weighted by Gasteiger charge is 2.19. The Bertz CT molecular complexity index is 811. The van der Waals surface area contributed by atoms with E-state index in [-0.39, 0.29) is 20.6 Å². The fourth-order valence-electron chi connectivity index (χ4n) is 1.51. The average molecular weight is 375 g/mol. The minimum atomic E-state index is -4.12. The van der Waals surface area contributed by atoms with Crippen LogP contribution < -0.4 is 4.72 Å². The first kappa shape index (κ1) is 15.4. The molecule has 2 N–H and O–H groups in total. The fraction of sp³-hybridized carbons (Fsp3) is 0. The Hall–Kier alpha value is -2.00. The lowest BCUT2D eigenvalue weighted by Gasteiger charge is -2.10. The summed E-state index contributed by atoms with van der Waals surface area (Å²) < 4.78 is 39.9. The van der Waals surface area contributed by atoms with E-state index in [1.165, 1.54) is 18.3 Å². The summed E-state index contributed by atoms with van der Waals surface area (Å²) in [6.45, 7) is 0. The van der Waals surface area contributed by atoms with Crippen LogP contribution in [0.3, 0.4) is 0 Å². The van der Waals surface area contributed by atoms with Gasteiger partial charge in [0.1, 0.15) is 5.82 Å². The number of carboxylic acid groups (broad SMARTS) is 1. The van der Waals surface area contributed by atoms with Crippen molar-refractivity contribution in [3.05, 3.63) is 52.5 Å². The van der Waals surface area contributed by atoms with Crippen molar-refractivity contribution in [1.82, 2.24) is 4.98 Å². The molecule has 21 heavy (non-hydrogen) atoms. The van der Waals surface area contributed by atoms with Gasteiger partial charge in [-0.2, -0.15) is 0 Å². The molecule has 0 saturated carbocycles. The number of aromatic nitrogens is 1. The second-order valence-electron chi connectivity index (χ2n) is 3.91. The summed E-state index contributed by atoms with van der Waals surface area (Å²) in [5.74, 6) is -2.06. The second-order valence-corrected chi connectivity index (χ2v) is 6.44. The average Bonchev–Trinajstić information content (AvgIpc) is 2.41. The van der Waals surface area contributed by atoms with Crippen molar-refractivity contribution >= 4 is 37.6 Å². The maximum absolute atomic E-state index is 13.4. The first-order valence-corrected chi connectivity index (χ1v) is 7.74. The summed E-state index contributed by atoms with van der Waals surface area (Å²) in [5.41, 5.74) is -0.459. The van der Waals surface area contributed by atoms with E-state index in [9.17, 15) is 17.6 Å². The van der Waals surface area contributed by atoms with Gasteiger partial charge < -0.3 is 5.11 Å². The van der Waals surface area contributed by atoms with Crippen molar-refractivity contribution in [2.75, 3.05) is 4.72 Å². The lowest BCUT2D eigenvalue weighted by atomic mass is 10.2. The summed E-state index contributed by atoms with van der Waals surface area (Å²) >= 11 is 2.92. The van der Waals surface area contributed by atoms with Crippen molar-refractivity contribution in [1.29, 1.82) is 0 Å². The van der Waals surface area contributed by atoms with Gasteiger partial charge in [-0.25, -0.2) is 17.6 Å². The number of halogens is 2. The molecule has 0 unspecified atom stereocenters. The van der Waals surface area contributed by atoms with E-state index in [2.05, 4.69) is 25.6 Å². The van der Waals surface area contributed by atoms with Crippen molar-refractivity contribution in [3.8, 4) is 0 Å². The third-order valence-electron chi connectivity index (χ3n) is 2.50. The number of anilines is 1. The number of hydrogen-bond donors (Lipinski definition) is 2. The van der Waals surface area contributed by atoms with Crippen LogP contribution in [0.15, 0.2) is 46.0 Å². The number of rotatable bonds is 4. The summed E-state index contributed by atoms with van der Waals surface area (Å²) in [5, 5.41) is 8.98. The van der Waals surface area contributed by atoms with E-state index >= 15 is 0 Å². The zero-order valence-electron chi connectivity index (χ0n) is 10.2. The summed E-state index contributed by atoms with van der Waals surface area (Å²) in [6, 6.07) is 4.41. The van der Waals surface area contributed by atoms with Gasteiger partial charge >= 0.3 is 5.97 Å². The largest absolute Gasteiger partial charge is 0.478 e. The molecule has 2 rings (SSSR count). The molecule has 0 radical (unpaired) electrons. The number of hydrogen-bond acceptors (Lipinski definition) is 4. The van der Waals surface area contributed by atoms with Crippen LogP contribution in [0.25, 0.3) is 0 Å². The van der Waals surface area contributed by atoms with Crippen molar-refractivity contribution < 1.29 is 22.7 Å². The minimum absolute atomic E-state index is 0.119. The maximum atomic E-state index is 13.4. The fourth-order valence-corrected chi connectivity index (χ4v) is 2.83. The maximum Gasteiger partial charge on any atom is 0.337 e. The SMILES string of the molecule is O=C(O)c1ccncc1NS(=O)(=O)c1ccc(Br)c(F)c1. The Morgan fingerprint density at radius 1 is 1.33 bits per heavy atom. The van der Waals surface area contributed by atoms with Gasteiger partial charge in [-0.15, -0.1) is 0 Å². The van der Waals surface area contributed by atoms with E-state index in [1.807, 2.05) is 0 Å². The molecular formula is C12H8BrFN2O4S. The van der Waals surface area contributed by atoms with Gasteiger partial charge in [0.25, 0.3) is 10.0 Å². The molecule has 1 aromatic heterocycles. The van der Waals surface area contributed by atoms with Crippen LogP contribution >= 0.6 is 15.9 Å². The molecule has 0 aliphatic rings. The molecule has 0 spiro atoms. The normalized spacial score (nSPS) is 11.1. The molecule has 1 heterocycles. The molecule has 0 saturated heterocycles. The van der Waals surface area contributed by atoms with Crippen LogP contribution in [0.1, 0.15) is 10.4 Å². The number of benzene rings is 1. The standard InChI is InChI=1S/C12H8BrFN2O4S/c13-9-2-1-7(5-10(9)14)21(19,20)16-11-6-15-4-3-8(11)12(17)18/h1-6,16H,(H,17,18). The Morgan fingerprint density at radius 2 is 2.05 bits per heavy atom. The Kier molecular flexibility index (Phi) is 4.24. The first-order chi connectivity index (χ1) is 9.81. The van der Waals surface area contributed by atoms with Gasteiger partial charge in [-0.3, -0.25) is 9.71 Å². The summed E-state index contributed by atoms with van der Waals surface area (Å²) in [7, 11) is -4.12. The van der Waals surface area contributed by atoms with Crippen LogP contribution in [0.5, 0.6) is 0 Å². The number of pyridine rings is 1. The van der Waals surface area contributed by atoms with Gasteiger partial charge in [0.2, 0.25) is 0 Å². The second kappa shape index (κ2) is 5.78. The zero-order chi connectivity index (χ0) is 15.6. The van der Waals surface area contributed by atoms with Gasteiger partial charge in [0, 0.05) is 6.20 Å². The third kappa shape index (κ3) is 3.37. The first-order valence-electron chi connectivity index (χ1n) is 5.46. The Morgan fingerprint density at radius 3 is 2.67 bits per heavy atom. The molecule has 0 aliphatic carbocycles. The molecule has 1 aromatic carbocycles. The van der Waals surface area contributed by atoms with Gasteiger partial charge in [0.05, 0.1) is 26.8 Å². The van der Waals surface area contributed by atoms with Crippen molar-refractivity contribution in [3.63, 3.8) is 0 Å². The topological polar surface area (TPSA) is 96.4 Å². The van der Waals surface area contributed by atoms with Crippen molar-refractivity contribution in [2.45, 2.75) is 4.90 Å². The lowest BCUT2D eigenvalue weighted by Crippen LogP contribution is -2.16. The van der Waals surface area contributed by atoms with Gasteiger partial charge in [-0.1, -0.05) is 0 Å². The van der Waals surface area contributed by atoms with E-state index in [0.29, 0.717) is 0 Å².